The highest BCUT2D eigenvalue weighted by atomic mass is 16.2. The molecule has 0 unspecified atom stereocenters. The quantitative estimate of drug-likeness (QED) is 0.726. The van der Waals surface area contributed by atoms with E-state index >= 15 is 0 Å². The van der Waals surface area contributed by atoms with Gasteiger partial charge in [0.25, 0.3) is 5.91 Å². The zero-order chi connectivity index (χ0) is 19.0. The smallest absolute Gasteiger partial charge is 0.324 e. The van der Waals surface area contributed by atoms with Crippen molar-refractivity contribution >= 4 is 11.9 Å². The fourth-order valence-electron chi connectivity index (χ4n) is 3.21. The Morgan fingerprint density at radius 1 is 0.963 bits per heavy atom. The van der Waals surface area contributed by atoms with Crippen LogP contribution in [0.25, 0.3) is 16.9 Å². The van der Waals surface area contributed by atoms with E-state index in [4.69, 9.17) is 5.10 Å². The molecular formula is C21H20N4O2. The Labute approximate surface area is 157 Å². The third-order valence-corrected chi connectivity index (χ3v) is 4.63. The fourth-order valence-corrected chi connectivity index (χ4v) is 3.21. The normalized spacial score (nSPS) is 15.9. The molecule has 136 valence electrons. The number of aromatic nitrogens is 2. The lowest BCUT2D eigenvalue weighted by atomic mass is 10.1. The molecule has 3 amide bonds. The van der Waals surface area contributed by atoms with Gasteiger partial charge in [0.2, 0.25) is 0 Å². The largest absolute Gasteiger partial charge is 0.325 e. The third kappa shape index (κ3) is 3.10. The molecule has 1 N–H and O–H groups in total. The Hall–Kier alpha value is -3.41. The third-order valence-electron chi connectivity index (χ3n) is 4.63. The number of carbonyl (C=O) groups is 2. The van der Waals surface area contributed by atoms with Crippen LogP contribution >= 0.6 is 0 Å². The maximum absolute atomic E-state index is 12.6. The van der Waals surface area contributed by atoms with Crippen LogP contribution in [0.15, 0.2) is 66.9 Å². The van der Waals surface area contributed by atoms with E-state index in [1.54, 1.807) is 18.5 Å². The lowest BCUT2D eigenvalue weighted by Gasteiger charge is -2.15. The van der Waals surface area contributed by atoms with Crippen molar-refractivity contribution in [2.24, 2.45) is 0 Å². The van der Waals surface area contributed by atoms with Gasteiger partial charge in [-0.25, -0.2) is 9.48 Å². The minimum absolute atomic E-state index is 0.172. The molecule has 0 bridgehead atoms. The van der Waals surface area contributed by atoms with Crippen LogP contribution in [0, 0.1) is 0 Å². The second-order valence-electron chi connectivity index (χ2n) is 7.10. The Bertz CT molecular complexity index is 994. The van der Waals surface area contributed by atoms with Gasteiger partial charge in [-0.1, -0.05) is 48.5 Å². The van der Waals surface area contributed by atoms with E-state index in [-0.39, 0.29) is 18.5 Å². The second-order valence-corrected chi connectivity index (χ2v) is 7.10. The van der Waals surface area contributed by atoms with Crippen LogP contribution < -0.4 is 5.32 Å². The van der Waals surface area contributed by atoms with Gasteiger partial charge in [-0.05, 0) is 26.0 Å². The van der Waals surface area contributed by atoms with E-state index in [1.807, 2.05) is 66.9 Å². The number of urea groups is 1. The van der Waals surface area contributed by atoms with E-state index in [2.05, 4.69) is 5.32 Å². The van der Waals surface area contributed by atoms with Crippen molar-refractivity contribution < 1.29 is 9.59 Å². The molecule has 27 heavy (non-hydrogen) atoms. The highest BCUT2D eigenvalue weighted by Crippen LogP contribution is 2.27. The van der Waals surface area contributed by atoms with Gasteiger partial charge in [0.15, 0.2) is 0 Å². The molecule has 2 aromatic carbocycles. The molecule has 1 aliphatic heterocycles. The summed E-state index contributed by atoms with van der Waals surface area (Å²) in [5.41, 5.74) is 2.53. The predicted molar refractivity (Wildman–Crippen MR) is 102 cm³/mol. The Balaban J connectivity index is 1.76. The lowest BCUT2D eigenvalue weighted by molar-refractivity contribution is -0.130. The zero-order valence-corrected chi connectivity index (χ0v) is 15.2. The van der Waals surface area contributed by atoms with Crippen molar-refractivity contribution in [3.8, 4) is 16.9 Å². The number of rotatable bonds is 4. The van der Waals surface area contributed by atoms with Gasteiger partial charge in [0, 0.05) is 17.3 Å². The van der Waals surface area contributed by atoms with E-state index in [9.17, 15) is 9.59 Å². The maximum atomic E-state index is 12.6. The first kappa shape index (κ1) is 17.0. The topological polar surface area (TPSA) is 67.2 Å². The Morgan fingerprint density at radius 3 is 2.19 bits per heavy atom. The highest BCUT2D eigenvalue weighted by molar-refractivity contribution is 6.06. The summed E-state index contributed by atoms with van der Waals surface area (Å²) in [5, 5.41) is 7.45. The van der Waals surface area contributed by atoms with Crippen LogP contribution in [0.1, 0.15) is 19.4 Å². The number of nitrogens with zero attached hydrogens (tertiary/aromatic N) is 3. The molecule has 6 nitrogen and oxygen atoms in total. The maximum Gasteiger partial charge on any atom is 0.325 e. The molecule has 1 fully saturated rings. The van der Waals surface area contributed by atoms with Gasteiger partial charge in [0.05, 0.1) is 17.9 Å². The standard InChI is InChI=1S/C21H20N4O2/c1-21(2)19(26)24(20(27)22-21)13-16-14-25(17-11-7-4-8-12-17)23-18(16)15-9-5-3-6-10-15/h3-12,14H,13H2,1-2H3,(H,22,27). The van der Waals surface area contributed by atoms with Gasteiger partial charge in [0.1, 0.15) is 5.54 Å². The number of hydrogen-bond acceptors (Lipinski definition) is 3. The van der Waals surface area contributed by atoms with Crippen molar-refractivity contribution in [2.45, 2.75) is 25.9 Å². The Morgan fingerprint density at radius 2 is 1.59 bits per heavy atom. The predicted octanol–water partition coefficient (Wildman–Crippen LogP) is 3.37. The van der Waals surface area contributed by atoms with Crippen molar-refractivity contribution in [3.63, 3.8) is 0 Å². The number of carbonyl (C=O) groups excluding carboxylic acids is 2. The van der Waals surface area contributed by atoms with Crippen LogP contribution in [0.5, 0.6) is 0 Å². The molecule has 3 aromatic rings. The van der Waals surface area contributed by atoms with Crippen molar-refractivity contribution in [1.82, 2.24) is 20.0 Å². The molecule has 0 atom stereocenters. The molecule has 6 heteroatoms. The van der Waals surface area contributed by atoms with Crippen molar-refractivity contribution in [3.05, 3.63) is 72.4 Å². The number of benzene rings is 2. The number of imide groups is 1. The first-order valence-corrected chi connectivity index (χ1v) is 8.79. The van der Waals surface area contributed by atoms with Gasteiger partial charge in [-0.15, -0.1) is 0 Å². The lowest BCUT2D eigenvalue weighted by Crippen LogP contribution is -2.40. The fraction of sp³-hybridized carbons (Fsp3) is 0.190. The number of hydrogen-bond donors (Lipinski definition) is 1. The first-order chi connectivity index (χ1) is 13.0. The number of amides is 3. The molecule has 0 spiro atoms. The minimum Gasteiger partial charge on any atom is -0.324 e. The molecule has 1 aliphatic rings. The highest BCUT2D eigenvalue weighted by Gasteiger charge is 2.44. The summed E-state index contributed by atoms with van der Waals surface area (Å²) in [5.74, 6) is -0.237. The first-order valence-electron chi connectivity index (χ1n) is 8.79. The minimum atomic E-state index is -0.889. The number of para-hydroxylation sites is 1. The van der Waals surface area contributed by atoms with E-state index in [1.165, 1.54) is 4.90 Å². The van der Waals surface area contributed by atoms with Crippen LogP contribution in [-0.4, -0.2) is 32.2 Å². The molecule has 0 saturated carbocycles. The van der Waals surface area contributed by atoms with E-state index in [0.29, 0.717) is 0 Å². The zero-order valence-electron chi connectivity index (χ0n) is 15.2. The van der Waals surface area contributed by atoms with Crippen LogP contribution in [-0.2, 0) is 11.3 Å². The van der Waals surface area contributed by atoms with Gasteiger partial charge < -0.3 is 5.32 Å². The molecule has 0 aliphatic carbocycles. The van der Waals surface area contributed by atoms with Gasteiger partial charge in [-0.2, -0.15) is 5.10 Å². The summed E-state index contributed by atoms with van der Waals surface area (Å²) >= 11 is 0. The molecule has 4 rings (SSSR count). The van der Waals surface area contributed by atoms with Crippen molar-refractivity contribution in [1.29, 1.82) is 0 Å². The summed E-state index contributed by atoms with van der Waals surface area (Å²) in [6.45, 7) is 3.59. The van der Waals surface area contributed by atoms with Crippen molar-refractivity contribution in [2.75, 3.05) is 0 Å². The average molecular weight is 360 g/mol. The Kier molecular flexibility index (Phi) is 4.03. The second kappa shape index (κ2) is 6.39. The molecule has 0 radical (unpaired) electrons. The summed E-state index contributed by atoms with van der Waals surface area (Å²) in [7, 11) is 0. The van der Waals surface area contributed by atoms with Crippen LogP contribution in [0.4, 0.5) is 4.79 Å². The summed E-state index contributed by atoms with van der Waals surface area (Å²) in [6.07, 6.45) is 1.88. The van der Waals surface area contributed by atoms with Gasteiger partial charge in [-0.3, -0.25) is 9.69 Å². The average Bonchev–Trinajstić information content (AvgIpc) is 3.18. The summed E-state index contributed by atoms with van der Waals surface area (Å²) in [4.78, 5) is 26.1. The number of nitrogens with one attached hydrogen (secondary N) is 1. The summed E-state index contributed by atoms with van der Waals surface area (Å²) in [6, 6.07) is 19.1. The van der Waals surface area contributed by atoms with E-state index < -0.39 is 5.54 Å². The van der Waals surface area contributed by atoms with Crippen LogP contribution in [0.2, 0.25) is 0 Å². The van der Waals surface area contributed by atoms with Crippen LogP contribution in [0.3, 0.4) is 0 Å². The monoisotopic (exact) mass is 360 g/mol. The molecule has 1 aromatic heterocycles. The molecule has 2 heterocycles. The molecule has 1 saturated heterocycles. The summed E-state index contributed by atoms with van der Waals surface area (Å²) < 4.78 is 1.78. The molecular weight excluding hydrogens is 340 g/mol. The van der Waals surface area contributed by atoms with E-state index in [0.717, 1.165) is 22.5 Å². The SMILES string of the molecule is CC1(C)NC(=O)N(Cc2cn(-c3ccccc3)nc2-c2ccccc2)C1=O. The van der Waals surface area contributed by atoms with Gasteiger partial charge >= 0.3 is 6.03 Å².